The largest absolute Gasteiger partial charge is 0.393 e. The fourth-order valence-electron chi connectivity index (χ4n) is 1.14. The van der Waals surface area contributed by atoms with E-state index in [2.05, 4.69) is 0 Å². The second kappa shape index (κ2) is 2.45. The molecule has 0 amide bonds. The zero-order valence-corrected chi connectivity index (χ0v) is 7.09. The Balaban J connectivity index is 3.49. The van der Waals surface area contributed by atoms with Crippen LogP contribution in [0, 0.1) is 6.92 Å². The molecule has 0 aliphatic heterocycles. The van der Waals surface area contributed by atoms with Gasteiger partial charge in [-0.25, -0.2) is 4.68 Å². The average Bonchev–Trinajstić information content (AvgIpc) is 2.17. The highest BCUT2D eigenvalue weighted by molar-refractivity contribution is 5.40. The van der Waals surface area contributed by atoms with E-state index in [9.17, 15) is 4.79 Å². The molecule has 4 heteroatoms. The monoisotopic (exact) mass is 155 g/mol. The molecule has 0 fully saturated rings. The third kappa shape index (κ3) is 0.943. The lowest BCUT2D eigenvalue weighted by Gasteiger charge is -2.03. The molecular formula is C7H13N3O. The Morgan fingerprint density at radius 1 is 1.55 bits per heavy atom. The highest BCUT2D eigenvalue weighted by Gasteiger charge is 2.08. The molecule has 0 radical (unpaired) electrons. The molecule has 2 N–H and O–H groups in total. The van der Waals surface area contributed by atoms with Gasteiger partial charge in [-0.3, -0.25) is 9.48 Å². The van der Waals surface area contributed by atoms with Crippen LogP contribution in [0.2, 0.25) is 0 Å². The first kappa shape index (κ1) is 7.91. The minimum Gasteiger partial charge on any atom is -0.393 e. The summed E-state index contributed by atoms with van der Waals surface area (Å²) in [6.07, 6.45) is 0. The third-order valence-electron chi connectivity index (χ3n) is 2.00. The van der Waals surface area contributed by atoms with Crippen molar-refractivity contribution in [3.8, 4) is 0 Å². The summed E-state index contributed by atoms with van der Waals surface area (Å²) in [7, 11) is 1.83. The van der Waals surface area contributed by atoms with Gasteiger partial charge in [-0.2, -0.15) is 0 Å². The summed E-state index contributed by atoms with van der Waals surface area (Å²) in [5, 5.41) is 0. The molecule has 0 aromatic carbocycles. The number of aromatic nitrogens is 2. The van der Waals surface area contributed by atoms with E-state index < -0.39 is 0 Å². The number of nitrogens with two attached hydrogens (primary N) is 1. The number of hydrogen-bond acceptors (Lipinski definition) is 2. The van der Waals surface area contributed by atoms with Crippen molar-refractivity contribution in [2.45, 2.75) is 20.4 Å². The fraction of sp³-hybridized carbons (Fsp3) is 0.571. The van der Waals surface area contributed by atoms with Crippen molar-refractivity contribution in [3.05, 3.63) is 16.0 Å². The predicted molar refractivity (Wildman–Crippen MR) is 44.5 cm³/mol. The molecule has 0 aliphatic rings. The summed E-state index contributed by atoms with van der Waals surface area (Å²) >= 11 is 0. The van der Waals surface area contributed by atoms with Gasteiger partial charge in [-0.05, 0) is 13.8 Å². The maximum absolute atomic E-state index is 11.3. The Hall–Kier alpha value is -1.19. The molecule has 62 valence electrons. The Kier molecular flexibility index (Phi) is 1.76. The normalized spacial score (nSPS) is 10.5. The smallest absolute Gasteiger partial charge is 0.290 e. The number of anilines is 1. The molecule has 4 nitrogen and oxygen atoms in total. The zero-order valence-electron chi connectivity index (χ0n) is 7.09. The van der Waals surface area contributed by atoms with E-state index in [1.165, 1.54) is 0 Å². The molecular weight excluding hydrogens is 142 g/mol. The van der Waals surface area contributed by atoms with Crippen LogP contribution in [0.25, 0.3) is 0 Å². The topological polar surface area (TPSA) is 52.9 Å². The second-order valence-electron chi connectivity index (χ2n) is 2.54. The van der Waals surface area contributed by atoms with Crippen LogP contribution in [-0.2, 0) is 13.6 Å². The second-order valence-corrected chi connectivity index (χ2v) is 2.54. The van der Waals surface area contributed by atoms with E-state index in [1.54, 1.807) is 9.36 Å². The predicted octanol–water partition coefficient (Wildman–Crippen LogP) is 0.0973. The van der Waals surface area contributed by atoms with Gasteiger partial charge >= 0.3 is 0 Å². The van der Waals surface area contributed by atoms with Gasteiger partial charge < -0.3 is 5.73 Å². The summed E-state index contributed by atoms with van der Waals surface area (Å²) < 4.78 is 3.38. The van der Waals surface area contributed by atoms with Crippen LogP contribution in [0.3, 0.4) is 0 Å². The van der Waals surface area contributed by atoms with Gasteiger partial charge in [0, 0.05) is 13.6 Å². The number of nitrogen functional groups attached to an aromatic ring is 1. The highest BCUT2D eigenvalue weighted by atomic mass is 16.1. The van der Waals surface area contributed by atoms with Gasteiger partial charge in [0.25, 0.3) is 5.56 Å². The summed E-state index contributed by atoms with van der Waals surface area (Å²) in [6.45, 7) is 4.41. The van der Waals surface area contributed by atoms with Gasteiger partial charge in [0.2, 0.25) is 0 Å². The van der Waals surface area contributed by atoms with Gasteiger partial charge in [-0.15, -0.1) is 0 Å². The average molecular weight is 155 g/mol. The van der Waals surface area contributed by atoms with Crippen molar-refractivity contribution in [2.75, 3.05) is 5.73 Å². The summed E-state index contributed by atoms with van der Waals surface area (Å²) in [5.74, 6) is 0. The van der Waals surface area contributed by atoms with E-state index in [0.29, 0.717) is 12.2 Å². The summed E-state index contributed by atoms with van der Waals surface area (Å²) in [5.41, 5.74) is 6.62. The lowest BCUT2D eigenvalue weighted by atomic mass is 10.4. The first-order valence-electron chi connectivity index (χ1n) is 3.61. The number of hydrogen-bond donors (Lipinski definition) is 1. The molecule has 0 saturated carbocycles. The van der Waals surface area contributed by atoms with Crippen molar-refractivity contribution < 1.29 is 0 Å². The fourth-order valence-corrected chi connectivity index (χ4v) is 1.14. The van der Waals surface area contributed by atoms with Crippen molar-refractivity contribution in [1.82, 2.24) is 9.36 Å². The van der Waals surface area contributed by atoms with Crippen molar-refractivity contribution in [1.29, 1.82) is 0 Å². The van der Waals surface area contributed by atoms with Crippen LogP contribution < -0.4 is 11.3 Å². The van der Waals surface area contributed by atoms with Crippen LogP contribution >= 0.6 is 0 Å². The molecule has 1 rings (SSSR count). The lowest BCUT2D eigenvalue weighted by molar-refractivity contribution is 0.510. The summed E-state index contributed by atoms with van der Waals surface area (Å²) in [4.78, 5) is 11.3. The summed E-state index contributed by atoms with van der Waals surface area (Å²) in [6, 6.07) is 0. The molecule has 0 bridgehead atoms. The first-order chi connectivity index (χ1) is 5.09. The molecule has 11 heavy (non-hydrogen) atoms. The molecule has 1 aromatic heterocycles. The molecule has 0 atom stereocenters. The van der Waals surface area contributed by atoms with E-state index in [0.717, 1.165) is 5.69 Å². The minimum absolute atomic E-state index is 0.0903. The molecule has 1 aromatic rings. The van der Waals surface area contributed by atoms with E-state index in [4.69, 9.17) is 5.73 Å². The maximum Gasteiger partial charge on any atom is 0.290 e. The first-order valence-corrected chi connectivity index (χ1v) is 3.61. The number of rotatable bonds is 1. The maximum atomic E-state index is 11.3. The van der Waals surface area contributed by atoms with Crippen molar-refractivity contribution >= 4 is 5.69 Å². The van der Waals surface area contributed by atoms with Crippen LogP contribution in [-0.4, -0.2) is 9.36 Å². The minimum atomic E-state index is -0.0903. The van der Waals surface area contributed by atoms with Gasteiger partial charge in [0.05, 0.1) is 5.69 Å². The quantitative estimate of drug-likeness (QED) is 0.625. The Labute approximate surface area is 65.2 Å². The van der Waals surface area contributed by atoms with E-state index in [1.807, 2.05) is 20.9 Å². The van der Waals surface area contributed by atoms with Crippen molar-refractivity contribution in [3.63, 3.8) is 0 Å². The molecule has 0 saturated heterocycles. The van der Waals surface area contributed by atoms with Crippen LogP contribution in [0.5, 0.6) is 0 Å². The highest BCUT2D eigenvalue weighted by Crippen LogP contribution is 2.03. The molecule has 0 aliphatic carbocycles. The van der Waals surface area contributed by atoms with Gasteiger partial charge in [-0.1, -0.05) is 0 Å². The van der Waals surface area contributed by atoms with Crippen LogP contribution in [0.15, 0.2) is 4.79 Å². The van der Waals surface area contributed by atoms with E-state index >= 15 is 0 Å². The molecule has 0 unspecified atom stereocenters. The van der Waals surface area contributed by atoms with Crippen molar-refractivity contribution in [2.24, 2.45) is 7.05 Å². The zero-order chi connectivity index (χ0) is 8.59. The number of nitrogens with zero attached hydrogens (tertiary/aromatic N) is 2. The van der Waals surface area contributed by atoms with Gasteiger partial charge in [0.15, 0.2) is 0 Å². The third-order valence-corrected chi connectivity index (χ3v) is 2.00. The van der Waals surface area contributed by atoms with Gasteiger partial charge in [0.1, 0.15) is 5.69 Å². The Morgan fingerprint density at radius 3 is 2.27 bits per heavy atom. The molecule has 0 spiro atoms. The van der Waals surface area contributed by atoms with E-state index in [-0.39, 0.29) is 5.56 Å². The molecule has 1 heterocycles. The standard InChI is InChI=1S/C7H13N3O/c1-4-10-7(11)6(8)5(2)9(10)3/h4,8H2,1-3H3. The lowest BCUT2D eigenvalue weighted by Crippen LogP contribution is -2.21. The van der Waals surface area contributed by atoms with Crippen LogP contribution in [0.1, 0.15) is 12.6 Å². The Morgan fingerprint density at radius 2 is 2.09 bits per heavy atom. The SMILES string of the molecule is CCn1c(=O)c(N)c(C)n1C. The van der Waals surface area contributed by atoms with Crippen LogP contribution in [0.4, 0.5) is 5.69 Å². The Bertz CT molecular complexity index is 321.